The van der Waals surface area contributed by atoms with Gasteiger partial charge in [-0.1, -0.05) is 49.8 Å². The van der Waals surface area contributed by atoms with E-state index in [1.165, 1.54) is 5.57 Å². The van der Waals surface area contributed by atoms with Crippen molar-refractivity contribution in [1.29, 1.82) is 0 Å². The zero-order valence-electron chi connectivity index (χ0n) is 24.2. The summed E-state index contributed by atoms with van der Waals surface area (Å²) < 4.78 is 17.4. The molecule has 0 radical (unpaired) electrons. The van der Waals surface area contributed by atoms with Crippen LogP contribution in [-0.4, -0.2) is 74.9 Å². The van der Waals surface area contributed by atoms with Crippen molar-refractivity contribution in [1.82, 2.24) is 0 Å². The minimum absolute atomic E-state index is 0.0273. The molecule has 1 fully saturated rings. The van der Waals surface area contributed by atoms with Crippen LogP contribution in [0.15, 0.2) is 83.0 Å². The van der Waals surface area contributed by atoms with Gasteiger partial charge < -0.3 is 39.7 Å². The van der Waals surface area contributed by atoms with Gasteiger partial charge in [0, 0.05) is 6.08 Å². The summed E-state index contributed by atoms with van der Waals surface area (Å²) in [6.45, 7) is 9.72. The number of aliphatic hydroxyl groups excluding tert-OH is 4. The molecule has 6 atom stereocenters. The molecule has 3 rings (SSSR count). The number of hydrogen-bond donors (Lipinski definition) is 5. The fourth-order valence-electron chi connectivity index (χ4n) is 4.98. The van der Waals surface area contributed by atoms with E-state index < -0.39 is 43.3 Å². The summed E-state index contributed by atoms with van der Waals surface area (Å²) in [6, 6.07) is 6.83. The Kier molecular flexibility index (Phi) is 11.1. The highest BCUT2D eigenvalue weighted by atomic mass is 16.7. The van der Waals surface area contributed by atoms with Crippen LogP contribution in [0, 0.1) is 5.41 Å². The molecule has 0 spiro atoms. The van der Waals surface area contributed by atoms with E-state index in [2.05, 4.69) is 32.9 Å². The highest BCUT2D eigenvalue weighted by molar-refractivity contribution is 5.81. The van der Waals surface area contributed by atoms with Crippen LogP contribution >= 0.6 is 0 Å². The Balaban J connectivity index is 1.69. The summed E-state index contributed by atoms with van der Waals surface area (Å²) >= 11 is 0. The van der Waals surface area contributed by atoms with Crippen molar-refractivity contribution in [2.75, 3.05) is 6.61 Å². The number of aliphatic hydroxyl groups is 4. The van der Waals surface area contributed by atoms with Gasteiger partial charge in [-0.05, 0) is 80.0 Å². The van der Waals surface area contributed by atoms with Gasteiger partial charge in [-0.3, -0.25) is 0 Å². The smallest absolute Gasteiger partial charge is 0.328 e. The van der Waals surface area contributed by atoms with E-state index in [1.807, 2.05) is 19.1 Å². The van der Waals surface area contributed by atoms with E-state index in [-0.39, 0.29) is 11.5 Å². The molecular weight excluding hydrogens is 528 g/mol. The van der Waals surface area contributed by atoms with Gasteiger partial charge in [0.2, 0.25) is 6.29 Å². The first-order valence-corrected chi connectivity index (χ1v) is 13.7. The molecule has 0 amide bonds. The number of hydrogen-bond acceptors (Lipinski definition) is 8. The maximum absolute atomic E-state index is 10.8. The van der Waals surface area contributed by atoms with Gasteiger partial charge in [0.25, 0.3) is 0 Å². The maximum atomic E-state index is 10.8. The largest absolute Gasteiger partial charge is 0.486 e. The minimum atomic E-state index is -1.51. The van der Waals surface area contributed by atoms with Crippen LogP contribution in [0.4, 0.5) is 0 Å². The Morgan fingerprint density at radius 2 is 1.63 bits per heavy atom. The number of rotatable bonds is 10. The van der Waals surface area contributed by atoms with Crippen molar-refractivity contribution in [3.8, 4) is 11.5 Å². The van der Waals surface area contributed by atoms with Crippen LogP contribution < -0.4 is 9.47 Å². The third-order valence-corrected chi connectivity index (χ3v) is 7.45. The number of ether oxygens (including phenoxy) is 3. The fourth-order valence-corrected chi connectivity index (χ4v) is 4.98. The molecular formula is C32H42O9. The Morgan fingerprint density at radius 3 is 2.24 bits per heavy atom. The summed E-state index contributed by atoms with van der Waals surface area (Å²) in [4.78, 5) is 10.8. The molecule has 1 unspecified atom stereocenters. The zero-order chi connectivity index (χ0) is 30.3. The third kappa shape index (κ3) is 8.64. The first-order chi connectivity index (χ1) is 19.3. The Labute approximate surface area is 241 Å². The molecule has 0 saturated carbocycles. The van der Waals surface area contributed by atoms with Gasteiger partial charge in [0.1, 0.15) is 42.0 Å². The molecule has 1 saturated heterocycles. The van der Waals surface area contributed by atoms with Gasteiger partial charge in [-0.25, -0.2) is 4.79 Å². The van der Waals surface area contributed by atoms with Crippen LogP contribution in [0.2, 0.25) is 0 Å². The van der Waals surface area contributed by atoms with Crippen LogP contribution in [-0.2, 0) is 9.53 Å². The Hall–Kier alpha value is -3.21. The number of allylic oxidation sites excluding steroid dienone is 8. The molecule has 1 aliphatic carbocycles. The highest BCUT2D eigenvalue weighted by Gasteiger charge is 2.44. The molecule has 1 aromatic carbocycles. The van der Waals surface area contributed by atoms with Gasteiger partial charge in [0.05, 0.1) is 6.61 Å². The van der Waals surface area contributed by atoms with Crippen molar-refractivity contribution in [3.63, 3.8) is 0 Å². The highest BCUT2D eigenvalue weighted by Crippen LogP contribution is 2.42. The van der Waals surface area contributed by atoms with Crippen LogP contribution in [0.1, 0.15) is 47.5 Å². The molecule has 9 nitrogen and oxygen atoms in total. The number of aliphatic carboxylic acids is 1. The van der Waals surface area contributed by atoms with Gasteiger partial charge in [-0.15, -0.1) is 0 Å². The molecule has 1 aliphatic heterocycles. The van der Waals surface area contributed by atoms with Gasteiger partial charge >= 0.3 is 5.97 Å². The van der Waals surface area contributed by atoms with E-state index in [0.717, 1.165) is 30.1 Å². The monoisotopic (exact) mass is 570 g/mol. The van der Waals surface area contributed by atoms with Gasteiger partial charge in [0.15, 0.2) is 0 Å². The van der Waals surface area contributed by atoms with E-state index >= 15 is 0 Å². The van der Waals surface area contributed by atoms with Crippen molar-refractivity contribution >= 4 is 5.97 Å². The van der Waals surface area contributed by atoms with Crippen LogP contribution in [0.5, 0.6) is 11.5 Å². The molecule has 224 valence electrons. The zero-order valence-corrected chi connectivity index (χ0v) is 24.2. The summed E-state index contributed by atoms with van der Waals surface area (Å²) in [7, 11) is 0. The molecule has 2 aliphatic rings. The van der Waals surface area contributed by atoms with E-state index in [9.17, 15) is 25.2 Å². The number of carboxylic acid groups (broad SMARTS) is 1. The second kappa shape index (κ2) is 14.1. The van der Waals surface area contributed by atoms with E-state index in [0.29, 0.717) is 17.1 Å². The number of carbonyl (C=O) groups is 1. The Bertz CT molecular complexity index is 1200. The van der Waals surface area contributed by atoms with Crippen molar-refractivity contribution in [2.24, 2.45) is 5.41 Å². The first kappa shape index (κ1) is 32.3. The molecule has 5 N–H and O–H groups in total. The lowest BCUT2D eigenvalue weighted by atomic mass is 9.71. The van der Waals surface area contributed by atoms with Crippen molar-refractivity contribution < 1.29 is 44.5 Å². The van der Waals surface area contributed by atoms with Crippen LogP contribution in [0.3, 0.4) is 0 Å². The second-order valence-electron chi connectivity index (χ2n) is 11.2. The second-order valence-corrected chi connectivity index (χ2v) is 11.2. The molecule has 0 bridgehead atoms. The Morgan fingerprint density at radius 1 is 1.00 bits per heavy atom. The predicted octanol–water partition coefficient (Wildman–Crippen LogP) is 3.84. The minimum Gasteiger partial charge on any atom is -0.486 e. The normalized spacial score (nSPS) is 29.3. The average Bonchev–Trinajstić information content (AvgIpc) is 2.91. The maximum Gasteiger partial charge on any atom is 0.328 e. The van der Waals surface area contributed by atoms with Crippen molar-refractivity contribution in [2.45, 2.75) is 84.3 Å². The molecule has 41 heavy (non-hydrogen) atoms. The molecule has 1 aromatic rings. The number of carboxylic acids is 1. The lowest BCUT2D eigenvalue weighted by Crippen LogP contribution is -2.60. The lowest BCUT2D eigenvalue weighted by molar-refractivity contribution is -0.277. The van der Waals surface area contributed by atoms with Gasteiger partial charge in [-0.2, -0.15) is 0 Å². The SMILES string of the molecule is CC(C=CC1=C(C)C(Oc2ccc(O[C@@H]3O[C@H](CO)[C@@H](O)[C@H](O)[C@H]3O)cc2)CCC1(C)C)=CC=CC(C)=CC(=O)O. The summed E-state index contributed by atoms with van der Waals surface area (Å²) in [6.07, 6.45) is 5.79. The summed E-state index contributed by atoms with van der Waals surface area (Å²) in [5.41, 5.74) is 4.00. The quantitative estimate of drug-likeness (QED) is 0.209. The summed E-state index contributed by atoms with van der Waals surface area (Å²) in [5.74, 6) is 0.0423. The van der Waals surface area contributed by atoms with Crippen molar-refractivity contribution in [3.05, 3.63) is 83.0 Å². The first-order valence-electron chi connectivity index (χ1n) is 13.7. The fraction of sp³-hybridized carbons (Fsp3) is 0.469. The topological polar surface area (TPSA) is 146 Å². The van der Waals surface area contributed by atoms with Crippen LogP contribution in [0.25, 0.3) is 0 Å². The van der Waals surface area contributed by atoms with E-state index in [1.54, 1.807) is 37.3 Å². The standard InChI is InChI=1S/C32H42O9/c1-19(7-6-8-20(2)17-27(34)35)9-14-24-21(3)25(15-16-32(24,4)5)39-22-10-12-23(13-11-22)40-31-30(38)29(37)28(36)26(18-33)41-31/h6-14,17,25-26,28-31,33,36-38H,15-16,18H2,1-5H3,(H,34,35)/t25?,26-,28-,29+,30-,31-/m1/s1. The summed E-state index contributed by atoms with van der Waals surface area (Å²) in [5, 5.41) is 48.3. The lowest BCUT2D eigenvalue weighted by Gasteiger charge is -2.39. The molecule has 1 heterocycles. The molecule has 0 aromatic heterocycles. The molecule has 9 heteroatoms. The van der Waals surface area contributed by atoms with E-state index in [4.69, 9.17) is 19.3 Å². The number of benzene rings is 1. The predicted molar refractivity (Wildman–Crippen MR) is 154 cm³/mol. The third-order valence-electron chi connectivity index (χ3n) is 7.45. The average molecular weight is 571 g/mol.